The average Bonchev–Trinajstić information content (AvgIpc) is 3.58. The van der Waals surface area contributed by atoms with E-state index in [4.69, 9.17) is 6.57 Å². The summed E-state index contributed by atoms with van der Waals surface area (Å²) >= 11 is 0. The van der Waals surface area contributed by atoms with Crippen LogP contribution in [0.3, 0.4) is 0 Å². The van der Waals surface area contributed by atoms with Crippen LogP contribution in [-0.2, 0) is 0 Å². The molecular weight excluding hydrogens is 703 g/mol. The van der Waals surface area contributed by atoms with Crippen LogP contribution >= 0.6 is 0 Å². The zero-order valence-corrected chi connectivity index (χ0v) is 31.8. The molecule has 10 aromatic rings. The van der Waals surface area contributed by atoms with Gasteiger partial charge in [-0.05, 0) is 195 Å². The Morgan fingerprint density at radius 2 is 0.966 bits per heavy atom. The van der Waals surface area contributed by atoms with Crippen molar-refractivity contribution >= 4 is 59.5 Å². The lowest BCUT2D eigenvalue weighted by molar-refractivity contribution is 1.42. The molecule has 0 aliphatic heterocycles. The Hall–Kier alpha value is -8.03. The molecule has 0 atom stereocenters. The van der Waals surface area contributed by atoms with Crippen LogP contribution in [0.5, 0.6) is 0 Å². The maximum absolute atomic E-state index is 9.78. The van der Waals surface area contributed by atoms with Crippen LogP contribution in [-0.4, -0.2) is 0 Å². The molecule has 266 valence electrons. The van der Waals surface area contributed by atoms with E-state index >= 15 is 0 Å². The predicted molar refractivity (Wildman–Crippen MR) is 240 cm³/mol. The molecule has 0 saturated heterocycles. The molecule has 3 nitrogen and oxygen atoms in total. The Balaban J connectivity index is 1.25. The van der Waals surface area contributed by atoms with Crippen LogP contribution in [0.2, 0.25) is 0 Å². The summed E-state index contributed by atoms with van der Waals surface area (Å²) in [6.07, 6.45) is 0. The monoisotopic (exact) mass is 733 g/mol. The lowest BCUT2D eigenvalue weighted by Crippen LogP contribution is -1.93. The molecule has 1 aliphatic carbocycles. The number of fused-ring (bicyclic) bond motifs is 9. The van der Waals surface area contributed by atoms with Crippen molar-refractivity contribution in [3.63, 3.8) is 0 Å². The molecule has 3 heteroatoms. The second kappa shape index (κ2) is 12.5. The zero-order chi connectivity index (χ0) is 39.2. The molecule has 0 unspecified atom stereocenters. The van der Waals surface area contributed by atoms with Crippen molar-refractivity contribution in [2.75, 3.05) is 0 Å². The first-order valence-electron chi connectivity index (χ1n) is 19.4. The molecular formula is C55H31N3. The van der Waals surface area contributed by atoms with Crippen LogP contribution in [0.25, 0.3) is 114 Å². The van der Waals surface area contributed by atoms with E-state index in [0.717, 1.165) is 65.7 Å². The Bertz CT molecular complexity index is 3620. The minimum atomic E-state index is 0.579. The van der Waals surface area contributed by atoms with Crippen LogP contribution in [0.1, 0.15) is 22.3 Å². The fraction of sp³-hybridized carbons (Fsp3) is 0.0364. The number of hydrogen-bond acceptors (Lipinski definition) is 2. The number of aryl methyl sites for hydroxylation is 2. The molecule has 0 heterocycles. The summed E-state index contributed by atoms with van der Waals surface area (Å²) in [5, 5.41) is 31.0. The van der Waals surface area contributed by atoms with Gasteiger partial charge < -0.3 is 0 Å². The topological polar surface area (TPSA) is 51.9 Å². The van der Waals surface area contributed by atoms with E-state index in [1.807, 2.05) is 42.5 Å². The van der Waals surface area contributed by atoms with Gasteiger partial charge in [-0.2, -0.15) is 10.5 Å². The highest BCUT2D eigenvalue weighted by atomic mass is 14.6. The van der Waals surface area contributed by atoms with Crippen molar-refractivity contribution in [3.05, 3.63) is 185 Å². The molecule has 1 aliphatic rings. The van der Waals surface area contributed by atoms with Crippen LogP contribution in [0, 0.1) is 43.1 Å². The number of nitriles is 2. The van der Waals surface area contributed by atoms with Gasteiger partial charge in [-0.15, -0.1) is 0 Å². The van der Waals surface area contributed by atoms with Crippen molar-refractivity contribution in [2.45, 2.75) is 13.8 Å². The van der Waals surface area contributed by atoms with E-state index in [9.17, 15) is 10.5 Å². The van der Waals surface area contributed by atoms with Gasteiger partial charge in [0.15, 0.2) is 5.69 Å². The summed E-state index contributed by atoms with van der Waals surface area (Å²) in [5.41, 5.74) is 15.4. The largest absolute Gasteiger partial charge is 0.238 e. The first-order valence-corrected chi connectivity index (χ1v) is 19.4. The second-order valence-corrected chi connectivity index (χ2v) is 15.5. The molecule has 0 radical (unpaired) electrons. The SMILES string of the molecule is [C-]#[N+]c1ccc2c(c1)c(-c1ccc(C#N)cc1C)cc1c3cc4c(cc3c(-c3ccc(C#N)cc3C)cc21)-c1cccc2c(-c3ccc5ccccc5c3)ccc-4c12. The summed E-state index contributed by atoms with van der Waals surface area (Å²) in [7, 11) is 0. The van der Waals surface area contributed by atoms with Gasteiger partial charge in [0, 0.05) is 0 Å². The van der Waals surface area contributed by atoms with E-state index in [2.05, 4.69) is 140 Å². The summed E-state index contributed by atoms with van der Waals surface area (Å²) in [5.74, 6) is 0. The lowest BCUT2D eigenvalue weighted by atomic mass is 9.84. The molecule has 0 aromatic heterocycles. The van der Waals surface area contributed by atoms with Gasteiger partial charge in [0.2, 0.25) is 0 Å². The van der Waals surface area contributed by atoms with E-state index in [-0.39, 0.29) is 0 Å². The van der Waals surface area contributed by atoms with Crippen molar-refractivity contribution in [1.29, 1.82) is 10.5 Å². The Morgan fingerprint density at radius 3 is 1.64 bits per heavy atom. The third-order valence-corrected chi connectivity index (χ3v) is 12.3. The summed E-state index contributed by atoms with van der Waals surface area (Å²) < 4.78 is 0. The van der Waals surface area contributed by atoms with E-state index in [1.54, 1.807) is 0 Å². The van der Waals surface area contributed by atoms with Crippen molar-refractivity contribution < 1.29 is 0 Å². The van der Waals surface area contributed by atoms with Gasteiger partial charge in [-0.3, -0.25) is 0 Å². The van der Waals surface area contributed by atoms with Crippen molar-refractivity contribution in [2.24, 2.45) is 0 Å². The number of benzene rings is 10. The third kappa shape index (κ3) is 4.83. The average molecular weight is 734 g/mol. The summed E-state index contributed by atoms with van der Waals surface area (Å²) in [6, 6.07) is 58.4. The normalized spacial score (nSPS) is 11.6. The predicted octanol–water partition coefficient (Wildman–Crippen LogP) is 15.0. The maximum Gasteiger partial charge on any atom is 0.187 e. The van der Waals surface area contributed by atoms with Gasteiger partial charge >= 0.3 is 0 Å². The molecule has 0 spiro atoms. The van der Waals surface area contributed by atoms with Gasteiger partial charge in [-0.25, -0.2) is 4.85 Å². The molecule has 0 amide bonds. The smallest absolute Gasteiger partial charge is 0.187 e. The van der Waals surface area contributed by atoms with E-state index in [1.165, 1.54) is 54.9 Å². The Morgan fingerprint density at radius 1 is 0.397 bits per heavy atom. The second-order valence-electron chi connectivity index (χ2n) is 15.5. The van der Waals surface area contributed by atoms with Crippen molar-refractivity contribution in [3.8, 4) is 67.8 Å². The number of hydrogen-bond donors (Lipinski definition) is 0. The van der Waals surface area contributed by atoms with Crippen LogP contribution < -0.4 is 0 Å². The highest BCUT2D eigenvalue weighted by Gasteiger charge is 2.26. The van der Waals surface area contributed by atoms with Gasteiger partial charge in [-0.1, -0.05) is 91.0 Å². The molecule has 0 fully saturated rings. The molecule has 58 heavy (non-hydrogen) atoms. The number of rotatable bonds is 3. The first-order chi connectivity index (χ1) is 28.4. The fourth-order valence-electron chi connectivity index (χ4n) is 9.58. The van der Waals surface area contributed by atoms with Crippen molar-refractivity contribution in [1.82, 2.24) is 0 Å². The standard InChI is InChI=1S/C55H31N3/c1-31-21-33(29-56)11-16-39(31)47-26-53-49(42-18-15-38(58-3)24-46(42)47)25-48(40-17-12-34(30-57)22-32(40)2)52-27-50-44-10-6-9-43-41(19-20-45(55(43)44)51(50)28-54(52)53)37-14-13-35-7-4-5-8-36(35)23-37/h4-28H,1-2H3. The number of nitrogens with zero attached hydrogens (tertiary/aromatic N) is 3. The molecule has 0 saturated carbocycles. The lowest BCUT2D eigenvalue weighted by Gasteiger charge is -2.19. The van der Waals surface area contributed by atoms with Crippen LogP contribution in [0.4, 0.5) is 5.69 Å². The molecule has 0 N–H and O–H groups in total. The first kappa shape index (κ1) is 33.3. The third-order valence-electron chi connectivity index (χ3n) is 12.3. The van der Waals surface area contributed by atoms with Gasteiger partial charge in [0.1, 0.15) is 0 Å². The van der Waals surface area contributed by atoms with E-state index in [0.29, 0.717) is 16.8 Å². The zero-order valence-electron chi connectivity index (χ0n) is 31.8. The highest BCUT2D eigenvalue weighted by Crippen LogP contribution is 2.53. The Kier molecular flexibility index (Phi) is 7.18. The maximum atomic E-state index is 9.78. The minimum Gasteiger partial charge on any atom is -0.238 e. The molecule has 0 bridgehead atoms. The van der Waals surface area contributed by atoms with Gasteiger partial charge in [0.05, 0.1) is 29.8 Å². The quantitative estimate of drug-likeness (QED) is 0.134. The summed E-state index contributed by atoms with van der Waals surface area (Å²) in [4.78, 5) is 3.83. The molecule has 10 aromatic carbocycles. The van der Waals surface area contributed by atoms with Gasteiger partial charge in [0.25, 0.3) is 0 Å². The minimum absolute atomic E-state index is 0.579. The highest BCUT2D eigenvalue weighted by molar-refractivity contribution is 6.28. The Labute approximate surface area is 335 Å². The van der Waals surface area contributed by atoms with E-state index < -0.39 is 0 Å². The summed E-state index contributed by atoms with van der Waals surface area (Å²) in [6.45, 7) is 12.0. The molecule has 11 rings (SSSR count). The fourth-order valence-corrected chi connectivity index (χ4v) is 9.58. The van der Waals surface area contributed by atoms with Crippen LogP contribution in [0.15, 0.2) is 152 Å².